The minimum atomic E-state index is -3.26. The van der Waals surface area contributed by atoms with Crippen LogP contribution in [0, 0.1) is 11.4 Å². The molecule has 4 rings (SSSR count). The van der Waals surface area contributed by atoms with Crippen molar-refractivity contribution in [3.63, 3.8) is 0 Å². The van der Waals surface area contributed by atoms with Gasteiger partial charge in [-0.1, -0.05) is 54.2 Å². The van der Waals surface area contributed by atoms with Gasteiger partial charge in [0.1, 0.15) is 11.3 Å². The molecule has 0 spiro atoms. The minimum Gasteiger partial charge on any atom is -0.455 e. The predicted molar refractivity (Wildman–Crippen MR) is 116 cm³/mol. The molecule has 0 radical (unpaired) electrons. The van der Waals surface area contributed by atoms with Gasteiger partial charge in [0.25, 0.3) is 0 Å². The first-order valence-electron chi connectivity index (χ1n) is 8.78. The summed E-state index contributed by atoms with van der Waals surface area (Å²) in [5.74, 6) is 0.634. The molecular formula is C23H18O3S2. The molecule has 3 aromatic carbocycles. The molecule has 0 amide bonds. The van der Waals surface area contributed by atoms with E-state index in [1.54, 1.807) is 24.3 Å². The second-order valence-electron chi connectivity index (χ2n) is 6.80. The van der Waals surface area contributed by atoms with Crippen LogP contribution in [0.1, 0.15) is 5.56 Å². The van der Waals surface area contributed by atoms with Crippen LogP contribution in [0.15, 0.2) is 82.1 Å². The van der Waals surface area contributed by atoms with Crippen LogP contribution in [0.3, 0.4) is 0 Å². The molecule has 1 aromatic heterocycles. The standard InChI is InChI=1S/C23H18O3S2/c1-15-6-5-7-17(14-15)21-22(16-10-12-18(13-11-16)28(2,24)25)26-20-9-4-3-8-19(20)23(21)27/h3-14H,1-2H3. The molecule has 0 aliphatic rings. The molecule has 0 fully saturated rings. The fourth-order valence-electron chi connectivity index (χ4n) is 3.26. The fraction of sp³-hybridized carbons (Fsp3) is 0.0870. The van der Waals surface area contributed by atoms with E-state index in [4.69, 9.17) is 16.6 Å². The number of benzene rings is 3. The summed E-state index contributed by atoms with van der Waals surface area (Å²) in [5, 5.41) is 0.880. The Kier molecular flexibility index (Phi) is 4.65. The number of fused-ring (bicyclic) bond motifs is 1. The van der Waals surface area contributed by atoms with Crippen LogP contribution in [0.2, 0.25) is 0 Å². The van der Waals surface area contributed by atoms with Crippen LogP contribution in [-0.4, -0.2) is 14.7 Å². The Bertz CT molecular complexity index is 1350. The van der Waals surface area contributed by atoms with Crippen LogP contribution >= 0.6 is 12.2 Å². The van der Waals surface area contributed by atoms with Crippen molar-refractivity contribution in [1.82, 2.24) is 0 Å². The van der Waals surface area contributed by atoms with Gasteiger partial charge >= 0.3 is 0 Å². The summed E-state index contributed by atoms with van der Waals surface area (Å²) in [4.78, 5) is 0.271. The highest BCUT2D eigenvalue weighted by atomic mass is 32.2. The third-order valence-electron chi connectivity index (χ3n) is 4.65. The van der Waals surface area contributed by atoms with Gasteiger partial charge in [0, 0.05) is 22.8 Å². The molecule has 0 atom stereocenters. The average Bonchev–Trinajstić information content (AvgIpc) is 2.67. The molecule has 3 nitrogen and oxygen atoms in total. The first-order valence-corrected chi connectivity index (χ1v) is 11.1. The van der Waals surface area contributed by atoms with Crippen molar-refractivity contribution in [2.75, 3.05) is 6.26 Å². The zero-order valence-electron chi connectivity index (χ0n) is 15.5. The van der Waals surface area contributed by atoms with Gasteiger partial charge in [0.15, 0.2) is 9.84 Å². The van der Waals surface area contributed by atoms with E-state index in [0.29, 0.717) is 11.3 Å². The lowest BCUT2D eigenvalue weighted by Gasteiger charge is -2.13. The lowest BCUT2D eigenvalue weighted by atomic mass is 9.98. The van der Waals surface area contributed by atoms with E-state index in [1.807, 2.05) is 49.4 Å². The number of hydrogen-bond donors (Lipinski definition) is 0. The third kappa shape index (κ3) is 3.39. The Morgan fingerprint density at radius 2 is 1.57 bits per heavy atom. The number of aryl methyl sites for hydroxylation is 1. The van der Waals surface area contributed by atoms with E-state index in [9.17, 15) is 8.42 Å². The van der Waals surface area contributed by atoms with Crippen molar-refractivity contribution in [3.05, 3.63) is 82.9 Å². The molecule has 28 heavy (non-hydrogen) atoms. The van der Waals surface area contributed by atoms with Crippen molar-refractivity contribution >= 4 is 33.0 Å². The molecule has 0 aliphatic heterocycles. The predicted octanol–water partition coefficient (Wildman–Crippen LogP) is 6.21. The summed E-state index contributed by atoms with van der Waals surface area (Å²) in [6, 6.07) is 22.5. The summed E-state index contributed by atoms with van der Waals surface area (Å²) in [7, 11) is -3.26. The summed E-state index contributed by atoms with van der Waals surface area (Å²) in [6.07, 6.45) is 1.20. The van der Waals surface area contributed by atoms with E-state index in [-0.39, 0.29) is 4.90 Å². The smallest absolute Gasteiger partial charge is 0.175 e. The Morgan fingerprint density at radius 1 is 0.857 bits per heavy atom. The molecule has 0 saturated carbocycles. The molecule has 4 aromatic rings. The van der Waals surface area contributed by atoms with Crippen LogP contribution < -0.4 is 0 Å². The van der Waals surface area contributed by atoms with Gasteiger partial charge in [-0.05, 0) is 48.9 Å². The van der Waals surface area contributed by atoms with E-state index >= 15 is 0 Å². The monoisotopic (exact) mass is 406 g/mol. The highest BCUT2D eigenvalue weighted by molar-refractivity contribution is 7.90. The summed E-state index contributed by atoms with van der Waals surface area (Å²) >= 11 is 5.84. The maximum Gasteiger partial charge on any atom is 0.175 e. The van der Waals surface area contributed by atoms with Crippen LogP contribution in [0.25, 0.3) is 33.4 Å². The van der Waals surface area contributed by atoms with Gasteiger partial charge in [-0.3, -0.25) is 0 Å². The van der Waals surface area contributed by atoms with Crippen molar-refractivity contribution in [2.45, 2.75) is 11.8 Å². The van der Waals surface area contributed by atoms with Crippen molar-refractivity contribution in [1.29, 1.82) is 0 Å². The Morgan fingerprint density at radius 3 is 2.25 bits per heavy atom. The average molecular weight is 407 g/mol. The number of hydrogen-bond acceptors (Lipinski definition) is 4. The van der Waals surface area contributed by atoms with Gasteiger partial charge in [-0.2, -0.15) is 0 Å². The molecule has 0 saturated heterocycles. The van der Waals surface area contributed by atoms with Gasteiger partial charge in [-0.15, -0.1) is 0 Å². The first kappa shape index (κ1) is 18.6. The highest BCUT2D eigenvalue weighted by Gasteiger charge is 2.16. The van der Waals surface area contributed by atoms with Gasteiger partial charge in [0.05, 0.1) is 9.41 Å². The van der Waals surface area contributed by atoms with Crippen molar-refractivity contribution in [2.24, 2.45) is 0 Å². The van der Waals surface area contributed by atoms with Crippen molar-refractivity contribution < 1.29 is 12.8 Å². The lowest BCUT2D eigenvalue weighted by molar-refractivity contribution is 0.601. The first-order chi connectivity index (χ1) is 13.3. The Balaban J connectivity index is 2.04. The lowest BCUT2D eigenvalue weighted by Crippen LogP contribution is -1.96. The largest absolute Gasteiger partial charge is 0.455 e. The van der Waals surface area contributed by atoms with E-state index < -0.39 is 9.84 Å². The maximum absolute atomic E-state index is 11.8. The van der Waals surface area contributed by atoms with E-state index in [2.05, 4.69) is 6.07 Å². The number of sulfone groups is 1. The van der Waals surface area contributed by atoms with Crippen LogP contribution in [-0.2, 0) is 9.84 Å². The zero-order chi connectivity index (χ0) is 19.9. The second-order valence-corrected chi connectivity index (χ2v) is 9.22. The summed E-state index contributed by atoms with van der Waals surface area (Å²) < 4.78 is 30.6. The van der Waals surface area contributed by atoms with Gasteiger partial charge < -0.3 is 4.42 Å². The molecule has 1 heterocycles. The minimum absolute atomic E-state index is 0.271. The highest BCUT2D eigenvalue weighted by Crippen LogP contribution is 2.37. The Labute approximate surface area is 169 Å². The number of para-hydroxylation sites is 1. The van der Waals surface area contributed by atoms with Gasteiger partial charge in [0.2, 0.25) is 0 Å². The SMILES string of the molecule is Cc1cccc(-c2c(-c3ccc(S(C)(=O)=O)cc3)oc3ccccc3c2=S)c1. The molecule has 140 valence electrons. The van der Waals surface area contributed by atoms with Crippen LogP contribution in [0.5, 0.6) is 0 Å². The molecule has 0 unspecified atom stereocenters. The van der Waals surface area contributed by atoms with Crippen LogP contribution in [0.4, 0.5) is 0 Å². The van der Waals surface area contributed by atoms with Crippen molar-refractivity contribution in [3.8, 4) is 22.5 Å². The summed E-state index contributed by atoms with van der Waals surface area (Å²) in [6.45, 7) is 2.03. The fourth-order valence-corrected chi connectivity index (χ4v) is 4.27. The van der Waals surface area contributed by atoms with E-state index in [1.165, 1.54) is 6.26 Å². The van der Waals surface area contributed by atoms with E-state index in [0.717, 1.165) is 32.2 Å². The molecule has 0 N–H and O–H groups in total. The third-order valence-corrected chi connectivity index (χ3v) is 6.20. The molecule has 0 bridgehead atoms. The topological polar surface area (TPSA) is 47.3 Å². The maximum atomic E-state index is 11.8. The zero-order valence-corrected chi connectivity index (χ0v) is 17.1. The molecule has 0 aliphatic carbocycles. The summed E-state index contributed by atoms with van der Waals surface area (Å²) in [5.41, 5.74) is 4.41. The number of rotatable bonds is 3. The molecular weight excluding hydrogens is 388 g/mol. The quantitative estimate of drug-likeness (QED) is 0.380. The normalized spacial score (nSPS) is 11.6. The molecule has 5 heteroatoms. The van der Waals surface area contributed by atoms with Gasteiger partial charge in [-0.25, -0.2) is 8.42 Å². The second kappa shape index (κ2) is 7.00. The Hall–Kier alpha value is -2.76.